The third-order valence-corrected chi connectivity index (χ3v) is 5.66. The number of ether oxygens (including phenoxy) is 2. The monoisotopic (exact) mass is 335 g/mol. The van der Waals surface area contributed by atoms with Crippen molar-refractivity contribution in [1.82, 2.24) is 15.1 Å². The van der Waals surface area contributed by atoms with Crippen molar-refractivity contribution in [3.8, 4) is 0 Å². The van der Waals surface area contributed by atoms with Crippen LogP contribution < -0.4 is 0 Å². The van der Waals surface area contributed by atoms with Gasteiger partial charge >= 0.3 is 0 Å². The van der Waals surface area contributed by atoms with Crippen molar-refractivity contribution in [3.63, 3.8) is 0 Å². The van der Waals surface area contributed by atoms with Crippen molar-refractivity contribution in [2.75, 3.05) is 26.9 Å². The quantitative estimate of drug-likeness (QED) is 0.894. The van der Waals surface area contributed by atoms with Gasteiger partial charge in [0, 0.05) is 31.7 Å². The fourth-order valence-corrected chi connectivity index (χ4v) is 4.29. The van der Waals surface area contributed by atoms with Gasteiger partial charge in [0.05, 0.1) is 31.1 Å². The molecule has 0 unspecified atom stereocenters. The molecule has 1 saturated carbocycles. The summed E-state index contributed by atoms with van der Waals surface area (Å²) in [6, 6.07) is 0.158. The molecule has 3 rings (SSSR count). The molecule has 2 aliphatic rings. The first-order valence-electron chi connectivity index (χ1n) is 9.02. The zero-order chi connectivity index (χ0) is 17.1. The number of hydrogen-bond donors (Lipinski definition) is 1. The molecule has 6 heteroatoms. The third kappa shape index (κ3) is 3.49. The lowest BCUT2D eigenvalue weighted by atomic mass is 9.93. The van der Waals surface area contributed by atoms with E-state index in [2.05, 4.69) is 15.1 Å². The smallest absolute Gasteiger partial charge is 0.223 e. The van der Waals surface area contributed by atoms with Crippen molar-refractivity contribution in [2.24, 2.45) is 5.92 Å². The second-order valence-corrected chi connectivity index (χ2v) is 7.01. The molecule has 1 aromatic heterocycles. The molecule has 134 valence electrons. The molecule has 1 aliphatic carbocycles. The number of aryl methyl sites for hydroxylation is 2. The fourth-order valence-electron chi connectivity index (χ4n) is 4.29. The highest BCUT2D eigenvalue weighted by molar-refractivity contribution is 5.77. The molecule has 1 aliphatic heterocycles. The Labute approximate surface area is 143 Å². The second kappa shape index (κ2) is 7.66. The Hall–Kier alpha value is -1.40. The van der Waals surface area contributed by atoms with Crippen LogP contribution in [0, 0.1) is 19.8 Å². The molecular formula is C18H29N3O3. The first-order valence-corrected chi connectivity index (χ1v) is 9.02. The summed E-state index contributed by atoms with van der Waals surface area (Å²) in [6.07, 6.45) is 4.92. The van der Waals surface area contributed by atoms with Gasteiger partial charge in [-0.25, -0.2) is 0 Å². The van der Waals surface area contributed by atoms with Gasteiger partial charge in [-0.2, -0.15) is 5.10 Å². The molecule has 0 aromatic carbocycles. The Bertz CT molecular complexity index is 552. The summed E-state index contributed by atoms with van der Waals surface area (Å²) in [5.74, 6) is 0.627. The van der Waals surface area contributed by atoms with E-state index in [1.807, 2.05) is 13.8 Å². The zero-order valence-electron chi connectivity index (χ0n) is 15.0. The van der Waals surface area contributed by atoms with Crippen molar-refractivity contribution in [3.05, 3.63) is 17.0 Å². The van der Waals surface area contributed by atoms with E-state index in [1.54, 1.807) is 7.11 Å². The minimum Gasteiger partial charge on any atom is -0.381 e. The summed E-state index contributed by atoms with van der Waals surface area (Å²) in [5.41, 5.74) is 3.23. The molecule has 1 saturated heterocycles. The topological polar surface area (TPSA) is 67.5 Å². The Morgan fingerprint density at radius 1 is 1.42 bits per heavy atom. The van der Waals surface area contributed by atoms with Crippen molar-refractivity contribution >= 4 is 5.91 Å². The van der Waals surface area contributed by atoms with E-state index in [0.717, 1.165) is 30.7 Å². The van der Waals surface area contributed by atoms with E-state index in [0.29, 0.717) is 32.1 Å². The predicted molar refractivity (Wildman–Crippen MR) is 90.8 cm³/mol. The van der Waals surface area contributed by atoms with Gasteiger partial charge in [0.1, 0.15) is 0 Å². The SMILES string of the molecule is CO[C@@H]1CCC[C@H]1[C@@H]1COCCN1C(=O)CCc1c(C)n[nH]c1C. The third-order valence-electron chi connectivity index (χ3n) is 5.66. The number of methoxy groups -OCH3 is 1. The van der Waals surface area contributed by atoms with Crippen LogP contribution in [0.2, 0.25) is 0 Å². The number of hydrogen-bond acceptors (Lipinski definition) is 4. The van der Waals surface area contributed by atoms with Crippen LogP contribution in [-0.2, 0) is 20.7 Å². The number of morpholine rings is 1. The summed E-state index contributed by atoms with van der Waals surface area (Å²) in [6.45, 7) is 5.97. The first kappa shape index (κ1) is 17.4. The molecule has 1 amide bonds. The summed E-state index contributed by atoms with van der Waals surface area (Å²) in [5, 5.41) is 7.21. The van der Waals surface area contributed by atoms with E-state index in [1.165, 1.54) is 12.0 Å². The molecule has 1 N–H and O–H groups in total. The maximum atomic E-state index is 12.9. The van der Waals surface area contributed by atoms with Gasteiger partial charge in [-0.15, -0.1) is 0 Å². The minimum absolute atomic E-state index is 0.158. The predicted octanol–water partition coefficient (Wildman–Crippen LogP) is 2.00. The van der Waals surface area contributed by atoms with Gasteiger partial charge in [-0.3, -0.25) is 9.89 Å². The Balaban J connectivity index is 1.65. The van der Waals surface area contributed by atoms with Crippen LogP contribution in [-0.4, -0.2) is 60.0 Å². The Kier molecular flexibility index (Phi) is 5.56. The molecule has 2 heterocycles. The van der Waals surface area contributed by atoms with E-state index in [-0.39, 0.29) is 18.1 Å². The van der Waals surface area contributed by atoms with Gasteiger partial charge in [0.15, 0.2) is 0 Å². The van der Waals surface area contributed by atoms with E-state index < -0.39 is 0 Å². The molecule has 2 fully saturated rings. The lowest BCUT2D eigenvalue weighted by molar-refractivity contribution is -0.144. The fraction of sp³-hybridized carbons (Fsp3) is 0.778. The number of carbonyl (C=O) groups is 1. The summed E-state index contributed by atoms with van der Waals surface area (Å²) >= 11 is 0. The minimum atomic E-state index is 0.158. The van der Waals surface area contributed by atoms with Crippen LogP contribution in [0.15, 0.2) is 0 Å². The number of aromatic amines is 1. The summed E-state index contributed by atoms with van der Waals surface area (Å²) in [4.78, 5) is 14.9. The van der Waals surface area contributed by atoms with Gasteiger partial charge < -0.3 is 14.4 Å². The van der Waals surface area contributed by atoms with E-state index in [9.17, 15) is 4.79 Å². The average molecular weight is 335 g/mol. The molecule has 1 aromatic rings. The Morgan fingerprint density at radius 3 is 2.96 bits per heavy atom. The number of H-pyrrole nitrogens is 1. The number of amides is 1. The van der Waals surface area contributed by atoms with Crippen LogP contribution in [0.1, 0.15) is 42.6 Å². The molecule has 6 nitrogen and oxygen atoms in total. The van der Waals surface area contributed by atoms with Crippen LogP contribution in [0.4, 0.5) is 0 Å². The zero-order valence-corrected chi connectivity index (χ0v) is 15.0. The molecule has 24 heavy (non-hydrogen) atoms. The maximum Gasteiger partial charge on any atom is 0.223 e. The lowest BCUT2D eigenvalue weighted by Gasteiger charge is -2.40. The second-order valence-electron chi connectivity index (χ2n) is 7.01. The van der Waals surface area contributed by atoms with E-state index in [4.69, 9.17) is 9.47 Å². The Morgan fingerprint density at radius 2 is 2.25 bits per heavy atom. The summed E-state index contributed by atoms with van der Waals surface area (Å²) < 4.78 is 11.3. The number of aromatic nitrogens is 2. The molecular weight excluding hydrogens is 306 g/mol. The van der Waals surface area contributed by atoms with Crippen molar-refractivity contribution in [2.45, 2.75) is 58.1 Å². The van der Waals surface area contributed by atoms with Gasteiger partial charge in [0.2, 0.25) is 5.91 Å². The van der Waals surface area contributed by atoms with Gasteiger partial charge in [0.25, 0.3) is 0 Å². The first-order chi connectivity index (χ1) is 11.6. The highest BCUT2D eigenvalue weighted by Crippen LogP contribution is 2.34. The van der Waals surface area contributed by atoms with Crippen LogP contribution >= 0.6 is 0 Å². The highest BCUT2D eigenvalue weighted by Gasteiger charge is 2.40. The molecule has 0 radical (unpaired) electrons. The van der Waals surface area contributed by atoms with Crippen molar-refractivity contribution < 1.29 is 14.3 Å². The number of rotatable bonds is 5. The standard InChI is InChI=1S/C18H29N3O3/c1-12-14(13(2)20-19-12)7-8-18(22)21-9-10-24-11-16(21)15-5-4-6-17(15)23-3/h15-17H,4-11H2,1-3H3,(H,19,20)/t15-,16-,17+/m0/s1. The average Bonchev–Trinajstić information content (AvgIpc) is 3.19. The van der Waals surface area contributed by atoms with Crippen LogP contribution in [0.5, 0.6) is 0 Å². The summed E-state index contributed by atoms with van der Waals surface area (Å²) in [7, 11) is 1.78. The maximum absolute atomic E-state index is 12.9. The van der Waals surface area contributed by atoms with Crippen LogP contribution in [0.3, 0.4) is 0 Å². The molecule has 3 atom stereocenters. The number of nitrogens with one attached hydrogen (secondary N) is 1. The van der Waals surface area contributed by atoms with Crippen molar-refractivity contribution in [1.29, 1.82) is 0 Å². The van der Waals surface area contributed by atoms with Gasteiger partial charge in [-0.1, -0.05) is 6.42 Å². The lowest BCUT2D eigenvalue weighted by Crippen LogP contribution is -2.53. The normalized spacial score (nSPS) is 27.6. The largest absolute Gasteiger partial charge is 0.381 e. The molecule has 0 bridgehead atoms. The molecule has 0 spiro atoms. The van der Waals surface area contributed by atoms with Gasteiger partial charge in [-0.05, 0) is 38.7 Å². The van der Waals surface area contributed by atoms with Crippen LogP contribution in [0.25, 0.3) is 0 Å². The number of carbonyl (C=O) groups excluding carboxylic acids is 1. The van der Waals surface area contributed by atoms with E-state index >= 15 is 0 Å². The highest BCUT2D eigenvalue weighted by atomic mass is 16.5. The number of nitrogens with zero attached hydrogens (tertiary/aromatic N) is 2.